The third kappa shape index (κ3) is 3.42. The van der Waals surface area contributed by atoms with Crippen molar-refractivity contribution >= 4 is 45.7 Å². The molecule has 0 fully saturated rings. The lowest BCUT2D eigenvalue weighted by atomic mass is 10.1. The Balaban J connectivity index is 0.00000196. The highest BCUT2D eigenvalue weighted by molar-refractivity contribution is 7.14. The number of nitrogens with two attached hydrogens (primary N) is 1. The smallest absolute Gasteiger partial charge is 0.195 e. The number of rotatable bonds is 4. The predicted octanol–water partition coefficient (Wildman–Crippen LogP) is 4.61. The molecule has 0 aliphatic carbocycles. The summed E-state index contributed by atoms with van der Waals surface area (Å²) in [7, 11) is 0. The molecule has 0 unspecified atom stereocenters. The molecule has 132 valence electrons. The Morgan fingerprint density at radius 1 is 1.12 bits per heavy atom. The number of H-pyrrole nitrogens is 1. The molecule has 2 aromatic carbocycles. The average molecular weight is 384 g/mol. The lowest BCUT2D eigenvalue weighted by molar-refractivity contribution is 0.976. The van der Waals surface area contributed by atoms with E-state index in [2.05, 4.69) is 11.1 Å². The number of para-hydroxylation sites is 1. The monoisotopic (exact) mass is 383 g/mol. The number of halogens is 1. The van der Waals surface area contributed by atoms with E-state index in [1.54, 1.807) is 4.90 Å². The van der Waals surface area contributed by atoms with Gasteiger partial charge in [-0.25, -0.2) is 4.98 Å². The molecule has 0 spiro atoms. The van der Waals surface area contributed by atoms with Crippen LogP contribution in [-0.2, 0) is 6.54 Å². The number of anilines is 1. The molecule has 0 saturated carbocycles. The first-order valence-corrected chi connectivity index (χ1v) is 8.78. The van der Waals surface area contributed by atoms with Crippen molar-refractivity contribution in [2.75, 3.05) is 4.90 Å². The molecule has 2 heterocycles. The van der Waals surface area contributed by atoms with Gasteiger partial charge in [-0.3, -0.25) is 10.3 Å². The summed E-state index contributed by atoms with van der Waals surface area (Å²) in [4.78, 5) is 9.72. The maximum absolute atomic E-state index is 7.92. The molecule has 4 N–H and O–H groups in total. The van der Waals surface area contributed by atoms with E-state index < -0.39 is 0 Å². The number of aromatic amines is 1. The number of thiazole rings is 1. The van der Waals surface area contributed by atoms with Gasteiger partial charge in [0.1, 0.15) is 0 Å². The Hall–Kier alpha value is -2.83. The summed E-state index contributed by atoms with van der Waals surface area (Å²) < 4.78 is 0. The highest BCUT2D eigenvalue weighted by Crippen LogP contribution is 2.32. The van der Waals surface area contributed by atoms with Gasteiger partial charge in [-0.05, 0) is 11.6 Å². The second kappa shape index (κ2) is 7.59. The van der Waals surface area contributed by atoms with Gasteiger partial charge in [-0.2, -0.15) is 0 Å². The van der Waals surface area contributed by atoms with E-state index >= 15 is 0 Å². The minimum Gasteiger partial charge on any atom is -0.370 e. The van der Waals surface area contributed by atoms with Crippen LogP contribution >= 0.6 is 23.7 Å². The summed E-state index contributed by atoms with van der Waals surface area (Å²) in [6, 6.07) is 18.1. The molecule has 4 rings (SSSR count). The van der Waals surface area contributed by atoms with Gasteiger partial charge >= 0.3 is 0 Å². The SMILES string of the molecule is Cl.N=C(N)N(Cc1ccccc1)c1nc(-c2c[nH]c3ccccc23)cs1. The van der Waals surface area contributed by atoms with Crippen LogP contribution in [0.3, 0.4) is 0 Å². The summed E-state index contributed by atoms with van der Waals surface area (Å²) in [5.41, 5.74) is 9.92. The molecule has 0 radical (unpaired) electrons. The van der Waals surface area contributed by atoms with Gasteiger partial charge < -0.3 is 10.7 Å². The van der Waals surface area contributed by atoms with Crippen LogP contribution in [0.4, 0.5) is 5.13 Å². The minimum absolute atomic E-state index is 0. The lowest BCUT2D eigenvalue weighted by Crippen LogP contribution is -2.35. The van der Waals surface area contributed by atoms with Gasteiger partial charge in [0.2, 0.25) is 0 Å². The minimum atomic E-state index is -0.0105. The molecular weight excluding hydrogens is 366 g/mol. The Morgan fingerprint density at radius 3 is 2.62 bits per heavy atom. The van der Waals surface area contributed by atoms with Crippen molar-refractivity contribution < 1.29 is 0 Å². The topological polar surface area (TPSA) is 81.8 Å². The number of hydrogen-bond acceptors (Lipinski definition) is 3. The standard InChI is InChI=1S/C19H17N5S.ClH/c20-18(21)24(11-13-6-2-1-3-7-13)19-23-17(12-25-19)15-10-22-16-9-5-4-8-14(15)16;/h1-10,12,22H,11H2,(H3,20,21);1H. The average Bonchev–Trinajstić information content (AvgIpc) is 3.27. The number of benzene rings is 2. The van der Waals surface area contributed by atoms with Crippen LogP contribution in [-0.4, -0.2) is 15.9 Å². The van der Waals surface area contributed by atoms with Gasteiger partial charge in [0.05, 0.1) is 12.2 Å². The third-order valence-electron chi connectivity index (χ3n) is 4.06. The maximum atomic E-state index is 7.92. The summed E-state index contributed by atoms with van der Waals surface area (Å²) in [6.45, 7) is 0.525. The highest BCUT2D eigenvalue weighted by Gasteiger charge is 2.16. The maximum Gasteiger partial charge on any atom is 0.195 e. The largest absolute Gasteiger partial charge is 0.370 e. The molecular formula is C19H18ClN5S. The zero-order valence-corrected chi connectivity index (χ0v) is 15.5. The second-order valence-corrected chi connectivity index (χ2v) is 6.56. The molecule has 4 aromatic rings. The highest BCUT2D eigenvalue weighted by atomic mass is 35.5. The van der Waals surface area contributed by atoms with E-state index in [1.807, 2.05) is 60.1 Å². The first-order valence-electron chi connectivity index (χ1n) is 7.90. The molecule has 26 heavy (non-hydrogen) atoms. The van der Waals surface area contributed by atoms with Crippen molar-refractivity contribution in [3.05, 3.63) is 71.7 Å². The van der Waals surface area contributed by atoms with Crippen molar-refractivity contribution in [2.45, 2.75) is 6.54 Å². The Morgan fingerprint density at radius 2 is 1.85 bits per heavy atom. The number of hydrogen-bond donors (Lipinski definition) is 3. The third-order valence-corrected chi connectivity index (χ3v) is 4.93. The Bertz CT molecular complexity index is 1020. The summed E-state index contributed by atoms with van der Waals surface area (Å²) in [5.74, 6) is -0.0105. The molecule has 7 heteroatoms. The zero-order valence-electron chi connectivity index (χ0n) is 13.8. The normalized spacial score (nSPS) is 10.5. The molecule has 0 aliphatic rings. The zero-order chi connectivity index (χ0) is 17.2. The van der Waals surface area contributed by atoms with Gasteiger partial charge in [-0.15, -0.1) is 23.7 Å². The fourth-order valence-electron chi connectivity index (χ4n) is 2.82. The van der Waals surface area contributed by atoms with Crippen LogP contribution in [0.15, 0.2) is 66.2 Å². The number of nitrogens with one attached hydrogen (secondary N) is 2. The van der Waals surface area contributed by atoms with E-state index in [0.29, 0.717) is 6.54 Å². The lowest BCUT2D eigenvalue weighted by Gasteiger charge is -2.19. The molecule has 0 amide bonds. The van der Waals surface area contributed by atoms with Crippen LogP contribution in [0.25, 0.3) is 22.2 Å². The fraction of sp³-hybridized carbons (Fsp3) is 0.0526. The Kier molecular flexibility index (Phi) is 5.25. The molecule has 5 nitrogen and oxygen atoms in total. The van der Waals surface area contributed by atoms with E-state index in [0.717, 1.165) is 32.9 Å². The first-order chi connectivity index (χ1) is 12.2. The number of fused-ring (bicyclic) bond motifs is 1. The van der Waals surface area contributed by atoms with Crippen molar-refractivity contribution in [3.63, 3.8) is 0 Å². The summed E-state index contributed by atoms with van der Waals surface area (Å²) in [5, 5.41) is 11.8. The van der Waals surface area contributed by atoms with Crippen molar-refractivity contribution in [1.82, 2.24) is 9.97 Å². The van der Waals surface area contributed by atoms with Gasteiger partial charge in [0.15, 0.2) is 11.1 Å². The number of aromatic nitrogens is 2. The van der Waals surface area contributed by atoms with Crippen LogP contribution in [0.5, 0.6) is 0 Å². The molecule has 0 saturated heterocycles. The van der Waals surface area contributed by atoms with E-state index in [9.17, 15) is 0 Å². The van der Waals surface area contributed by atoms with Crippen LogP contribution < -0.4 is 10.6 Å². The van der Waals surface area contributed by atoms with Crippen LogP contribution in [0, 0.1) is 5.41 Å². The number of nitrogens with zero attached hydrogens (tertiary/aromatic N) is 2. The fourth-order valence-corrected chi connectivity index (χ4v) is 3.66. The van der Waals surface area contributed by atoms with Crippen molar-refractivity contribution in [3.8, 4) is 11.3 Å². The second-order valence-electron chi connectivity index (χ2n) is 5.72. The van der Waals surface area contributed by atoms with E-state index in [4.69, 9.17) is 16.1 Å². The quantitative estimate of drug-likeness (QED) is 0.355. The van der Waals surface area contributed by atoms with Crippen molar-refractivity contribution in [2.24, 2.45) is 5.73 Å². The van der Waals surface area contributed by atoms with Crippen LogP contribution in [0.1, 0.15) is 5.56 Å². The molecule has 0 aliphatic heterocycles. The molecule has 2 aromatic heterocycles. The van der Waals surface area contributed by atoms with Gasteiger partial charge in [0.25, 0.3) is 0 Å². The summed E-state index contributed by atoms with van der Waals surface area (Å²) in [6.07, 6.45) is 1.97. The summed E-state index contributed by atoms with van der Waals surface area (Å²) >= 11 is 1.49. The molecule has 0 atom stereocenters. The van der Waals surface area contributed by atoms with Gasteiger partial charge in [0, 0.05) is 28.0 Å². The van der Waals surface area contributed by atoms with Crippen molar-refractivity contribution in [1.29, 1.82) is 5.41 Å². The van der Waals surface area contributed by atoms with Gasteiger partial charge in [-0.1, -0.05) is 48.5 Å². The van der Waals surface area contributed by atoms with Crippen LogP contribution in [0.2, 0.25) is 0 Å². The number of guanidine groups is 1. The Labute approximate surface area is 161 Å². The van der Waals surface area contributed by atoms with E-state index in [-0.39, 0.29) is 18.4 Å². The predicted molar refractivity (Wildman–Crippen MR) is 111 cm³/mol. The molecule has 0 bridgehead atoms. The first kappa shape index (κ1) is 18.0. The van der Waals surface area contributed by atoms with E-state index in [1.165, 1.54) is 11.3 Å².